The fourth-order valence-corrected chi connectivity index (χ4v) is 2.17. The Balaban J connectivity index is 1.89. The summed E-state index contributed by atoms with van der Waals surface area (Å²) in [6, 6.07) is 0. The van der Waals surface area contributed by atoms with E-state index < -0.39 is 5.97 Å². The Morgan fingerprint density at radius 1 is 1.50 bits per heavy atom. The van der Waals surface area contributed by atoms with Crippen LogP contribution in [-0.2, 0) is 16.1 Å². The maximum absolute atomic E-state index is 10.4. The highest BCUT2D eigenvalue weighted by Gasteiger charge is 2.46. The first-order valence-electron chi connectivity index (χ1n) is 6.52. The van der Waals surface area contributed by atoms with Gasteiger partial charge < -0.3 is 15.2 Å². The van der Waals surface area contributed by atoms with Gasteiger partial charge in [0.1, 0.15) is 6.54 Å². The highest BCUT2D eigenvalue weighted by Crippen LogP contribution is 2.41. The van der Waals surface area contributed by atoms with E-state index in [0.29, 0.717) is 5.95 Å². The molecule has 7 nitrogen and oxygen atoms in total. The van der Waals surface area contributed by atoms with Gasteiger partial charge in [-0.15, -0.1) is 0 Å². The van der Waals surface area contributed by atoms with Crippen molar-refractivity contribution >= 4 is 11.9 Å². The number of anilines is 1. The van der Waals surface area contributed by atoms with Crippen LogP contribution in [0, 0.1) is 0 Å². The van der Waals surface area contributed by atoms with Gasteiger partial charge in [-0.2, -0.15) is 0 Å². The number of aromatic nitrogens is 2. The third-order valence-electron chi connectivity index (χ3n) is 3.57. The predicted molar refractivity (Wildman–Crippen MR) is 73.5 cm³/mol. The van der Waals surface area contributed by atoms with Crippen molar-refractivity contribution in [1.29, 1.82) is 0 Å². The van der Waals surface area contributed by atoms with Gasteiger partial charge in [0.2, 0.25) is 5.95 Å². The second-order valence-electron chi connectivity index (χ2n) is 5.18. The lowest BCUT2D eigenvalue weighted by molar-refractivity contribution is -0.134. The van der Waals surface area contributed by atoms with Crippen molar-refractivity contribution in [1.82, 2.24) is 14.9 Å². The number of likely N-dealkylation sites (N-methyl/N-ethyl adjacent to an activating group) is 1. The van der Waals surface area contributed by atoms with Gasteiger partial charge in [-0.3, -0.25) is 9.69 Å². The van der Waals surface area contributed by atoms with Crippen LogP contribution in [0.3, 0.4) is 0 Å². The lowest BCUT2D eigenvalue weighted by Crippen LogP contribution is -2.37. The number of hydrogen-bond donors (Lipinski definition) is 2. The highest BCUT2D eigenvalue weighted by atomic mass is 16.5. The summed E-state index contributed by atoms with van der Waals surface area (Å²) in [7, 11) is 3.79. The molecule has 0 saturated heterocycles. The molecule has 1 aliphatic rings. The van der Waals surface area contributed by atoms with Gasteiger partial charge in [0.25, 0.3) is 0 Å². The third-order valence-corrected chi connectivity index (χ3v) is 3.57. The van der Waals surface area contributed by atoms with Crippen LogP contribution in [0.4, 0.5) is 5.95 Å². The smallest absolute Gasteiger partial charge is 0.322 e. The van der Waals surface area contributed by atoms with Crippen molar-refractivity contribution in [3.05, 3.63) is 18.0 Å². The molecule has 1 fully saturated rings. The molecule has 0 radical (unpaired) electrons. The van der Waals surface area contributed by atoms with Gasteiger partial charge in [0.15, 0.2) is 0 Å². The van der Waals surface area contributed by atoms with E-state index in [-0.39, 0.29) is 12.1 Å². The van der Waals surface area contributed by atoms with Crippen molar-refractivity contribution in [2.24, 2.45) is 0 Å². The van der Waals surface area contributed by atoms with E-state index >= 15 is 0 Å². The van der Waals surface area contributed by atoms with Crippen LogP contribution in [0.2, 0.25) is 0 Å². The molecule has 1 aromatic rings. The van der Waals surface area contributed by atoms with E-state index in [2.05, 4.69) is 27.2 Å². The number of carboxylic acids is 1. The largest absolute Gasteiger partial charge is 0.480 e. The fraction of sp³-hybridized carbons (Fsp3) is 0.615. The first kappa shape index (κ1) is 14.7. The monoisotopic (exact) mass is 280 g/mol. The van der Waals surface area contributed by atoms with E-state index in [1.165, 1.54) is 0 Å². The van der Waals surface area contributed by atoms with Crippen LogP contribution < -0.4 is 5.32 Å². The Labute approximate surface area is 118 Å². The number of ether oxygens (including phenoxy) is 1. The van der Waals surface area contributed by atoms with Crippen molar-refractivity contribution in [3.8, 4) is 0 Å². The number of carbonyl (C=O) groups is 1. The van der Waals surface area contributed by atoms with Crippen LogP contribution in [0.1, 0.15) is 18.4 Å². The van der Waals surface area contributed by atoms with Crippen molar-refractivity contribution < 1.29 is 14.6 Å². The molecule has 0 amide bonds. The summed E-state index contributed by atoms with van der Waals surface area (Å²) in [5, 5.41) is 11.2. The first-order chi connectivity index (χ1) is 9.55. The van der Waals surface area contributed by atoms with Crippen molar-refractivity contribution in [3.63, 3.8) is 0 Å². The minimum Gasteiger partial charge on any atom is -0.480 e. The summed E-state index contributed by atoms with van der Waals surface area (Å²) >= 11 is 0. The van der Waals surface area contributed by atoms with E-state index in [1.807, 2.05) is 0 Å². The number of nitrogens with zero attached hydrogens (tertiary/aromatic N) is 3. The summed E-state index contributed by atoms with van der Waals surface area (Å²) in [6.45, 7) is 1.31. The molecule has 20 heavy (non-hydrogen) atoms. The quantitative estimate of drug-likeness (QED) is 0.720. The van der Waals surface area contributed by atoms with Crippen LogP contribution in [0.15, 0.2) is 12.4 Å². The van der Waals surface area contributed by atoms with Crippen LogP contribution in [0.5, 0.6) is 0 Å². The molecule has 1 heterocycles. The van der Waals surface area contributed by atoms with Crippen molar-refractivity contribution in [2.75, 3.05) is 32.6 Å². The van der Waals surface area contributed by atoms with Gasteiger partial charge >= 0.3 is 5.97 Å². The van der Waals surface area contributed by atoms with Crippen LogP contribution in [-0.4, -0.2) is 58.8 Å². The Kier molecular flexibility index (Phi) is 4.51. The molecule has 0 unspecified atom stereocenters. The summed E-state index contributed by atoms with van der Waals surface area (Å²) in [4.78, 5) is 20.9. The number of rotatable bonds is 8. The summed E-state index contributed by atoms with van der Waals surface area (Å²) < 4.78 is 5.26. The molecule has 0 bridgehead atoms. The lowest BCUT2D eigenvalue weighted by Gasteiger charge is -2.27. The van der Waals surface area contributed by atoms with Gasteiger partial charge in [0.05, 0.1) is 6.61 Å². The summed E-state index contributed by atoms with van der Waals surface area (Å²) in [5.74, 6) is -0.607. The molecule has 7 heteroatoms. The zero-order valence-corrected chi connectivity index (χ0v) is 11.8. The average Bonchev–Trinajstić information content (AvgIpc) is 3.19. The highest BCUT2D eigenvalue weighted by molar-refractivity contribution is 5.71. The molecule has 0 aromatic carbocycles. The lowest BCUT2D eigenvalue weighted by atomic mass is 10.2. The number of hydrogen-bond acceptors (Lipinski definition) is 6. The van der Waals surface area contributed by atoms with Gasteiger partial charge in [0, 0.05) is 37.2 Å². The van der Waals surface area contributed by atoms with Crippen molar-refractivity contribution in [2.45, 2.75) is 24.9 Å². The van der Waals surface area contributed by atoms with Crippen LogP contribution in [0.25, 0.3) is 0 Å². The van der Waals surface area contributed by atoms with E-state index in [9.17, 15) is 4.79 Å². The normalized spacial score (nSPS) is 16.1. The Morgan fingerprint density at radius 3 is 2.65 bits per heavy atom. The SMILES string of the molecule is COCC1(N(C)Cc2cnc(NCC(=O)O)nc2)CC1. The second-order valence-corrected chi connectivity index (χ2v) is 5.18. The molecular formula is C13H20N4O3. The zero-order chi connectivity index (χ0) is 14.6. The molecule has 2 N–H and O–H groups in total. The third kappa shape index (κ3) is 3.64. The molecule has 1 aliphatic carbocycles. The maximum Gasteiger partial charge on any atom is 0.322 e. The van der Waals surface area contributed by atoms with Gasteiger partial charge in [-0.05, 0) is 19.9 Å². The Morgan fingerprint density at radius 2 is 2.15 bits per heavy atom. The molecule has 110 valence electrons. The number of aliphatic carboxylic acids is 1. The van der Waals surface area contributed by atoms with Crippen LogP contribution >= 0.6 is 0 Å². The number of carboxylic acid groups (broad SMARTS) is 1. The van der Waals surface area contributed by atoms with E-state index in [0.717, 1.165) is 31.6 Å². The second kappa shape index (κ2) is 6.15. The van der Waals surface area contributed by atoms with E-state index in [4.69, 9.17) is 9.84 Å². The van der Waals surface area contributed by atoms with E-state index in [1.54, 1.807) is 19.5 Å². The minimum absolute atomic E-state index is 0.162. The fourth-order valence-electron chi connectivity index (χ4n) is 2.17. The zero-order valence-electron chi connectivity index (χ0n) is 11.8. The molecule has 0 atom stereocenters. The molecule has 2 rings (SSSR count). The number of nitrogens with one attached hydrogen (secondary N) is 1. The topological polar surface area (TPSA) is 87.6 Å². The molecular weight excluding hydrogens is 260 g/mol. The molecule has 0 aliphatic heterocycles. The summed E-state index contributed by atoms with van der Waals surface area (Å²) in [6.07, 6.45) is 5.74. The summed E-state index contributed by atoms with van der Waals surface area (Å²) in [5.41, 5.74) is 1.16. The first-order valence-corrected chi connectivity index (χ1v) is 6.52. The average molecular weight is 280 g/mol. The number of methoxy groups -OCH3 is 1. The molecule has 1 aromatic heterocycles. The Bertz CT molecular complexity index is 459. The predicted octanol–water partition coefficient (Wildman–Crippen LogP) is 0.584. The maximum atomic E-state index is 10.4. The standard InChI is InChI=1S/C13H20N4O3/c1-17(13(3-4-13)9-20-2)8-10-5-14-12(15-6-10)16-7-11(18)19/h5-6H,3-4,7-9H2,1-2H3,(H,18,19)(H,14,15,16). The van der Waals surface area contributed by atoms with Gasteiger partial charge in [-0.25, -0.2) is 9.97 Å². The van der Waals surface area contributed by atoms with Gasteiger partial charge in [-0.1, -0.05) is 0 Å². The minimum atomic E-state index is -0.937. The molecule has 1 saturated carbocycles. The molecule has 0 spiro atoms. The Hall–Kier alpha value is -1.73.